The zero-order chi connectivity index (χ0) is 17.6. The molecule has 2 aromatic rings. The van der Waals surface area contributed by atoms with Crippen LogP contribution in [0.15, 0.2) is 41.2 Å². The third-order valence-corrected chi connectivity index (χ3v) is 4.57. The molecule has 0 radical (unpaired) electrons. The number of nitrogens with zero attached hydrogens (tertiary/aromatic N) is 2. The number of likely N-dealkylation sites (tertiary alicyclic amines) is 1. The Labute approximate surface area is 150 Å². The Morgan fingerprint density at radius 1 is 1.24 bits per heavy atom. The first-order valence-corrected chi connectivity index (χ1v) is 8.73. The summed E-state index contributed by atoms with van der Waals surface area (Å²) in [7, 11) is 0. The van der Waals surface area contributed by atoms with E-state index in [4.69, 9.17) is 16.3 Å². The Kier molecular flexibility index (Phi) is 5.71. The van der Waals surface area contributed by atoms with Crippen LogP contribution in [0, 0.1) is 0 Å². The third kappa shape index (κ3) is 4.82. The molecule has 0 atom stereocenters. The fraction of sp³-hybridized carbons (Fsp3) is 0.389. The molecule has 7 heteroatoms. The van der Waals surface area contributed by atoms with Crippen molar-refractivity contribution in [3.8, 4) is 5.75 Å². The van der Waals surface area contributed by atoms with Crippen LogP contribution in [-0.2, 0) is 11.2 Å². The van der Waals surface area contributed by atoms with E-state index in [-0.39, 0.29) is 17.6 Å². The van der Waals surface area contributed by atoms with Crippen LogP contribution in [0.4, 0.5) is 0 Å². The minimum Gasteiger partial charge on any atom is -0.489 e. The molecule has 1 amide bonds. The molecule has 1 aromatic heterocycles. The van der Waals surface area contributed by atoms with Crippen LogP contribution in [0.2, 0.25) is 5.02 Å². The van der Waals surface area contributed by atoms with Crippen molar-refractivity contribution in [3.05, 3.63) is 57.5 Å². The predicted octanol–water partition coefficient (Wildman–Crippen LogP) is 2.43. The molecule has 0 unspecified atom stereocenters. The van der Waals surface area contributed by atoms with Crippen LogP contribution in [0.5, 0.6) is 5.75 Å². The number of benzene rings is 1. The average Bonchev–Trinajstić information content (AvgIpc) is 2.63. The number of rotatable bonds is 5. The maximum atomic E-state index is 12.3. The maximum Gasteiger partial charge on any atom is 0.264 e. The zero-order valence-corrected chi connectivity index (χ0v) is 14.5. The van der Waals surface area contributed by atoms with Crippen LogP contribution >= 0.6 is 11.6 Å². The number of aromatic nitrogens is 2. The van der Waals surface area contributed by atoms with Gasteiger partial charge in [0.1, 0.15) is 11.9 Å². The number of nitrogens with one attached hydrogen (secondary N) is 1. The van der Waals surface area contributed by atoms with Crippen molar-refractivity contribution in [2.45, 2.75) is 31.8 Å². The number of para-hydroxylation sites is 1. The summed E-state index contributed by atoms with van der Waals surface area (Å²) in [6, 6.07) is 10.5. The number of aryl methyl sites for hydroxylation is 1. The van der Waals surface area contributed by atoms with Crippen LogP contribution < -0.4 is 10.3 Å². The van der Waals surface area contributed by atoms with E-state index in [9.17, 15) is 9.59 Å². The van der Waals surface area contributed by atoms with Crippen molar-refractivity contribution in [3.63, 3.8) is 0 Å². The number of amides is 1. The van der Waals surface area contributed by atoms with E-state index in [2.05, 4.69) is 10.2 Å². The molecule has 0 spiro atoms. The minimum atomic E-state index is -0.240. The Morgan fingerprint density at radius 2 is 2.00 bits per heavy atom. The highest BCUT2D eigenvalue weighted by Gasteiger charge is 2.24. The smallest absolute Gasteiger partial charge is 0.264 e. The number of ether oxygens (including phenoxy) is 1. The number of halogens is 1. The number of aromatic amines is 1. The summed E-state index contributed by atoms with van der Waals surface area (Å²) in [5.41, 5.74) is 0.473. The second-order valence-electron chi connectivity index (χ2n) is 6.04. The second kappa shape index (κ2) is 8.16. The average molecular weight is 362 g/mol. The molecule has 0 saturated carbocycles. The summed E-state index contributed by atoms with van der Waals surface area (Å²) in [4.78, 5) is 25.2. The highest BCUT2D eigenvalue weighted by molar-refractivity contribution is 6.32. The van der Waals surface area contributed by atoms with Gasteiger partial charge in [0.15, 0.2) is 0 Å². The fourth-order valence-electron chi connectivity index (χ4n) is 2.85. The number of piperidine rings is 1. The molecule has 3 rings (SSSR count). The van der Waals surface area contributed by atoms with Gasteiger partial charge in [0.2, 0.25) is 5.91 Å². The molecular formula is C18H20ClN3O3. The van der Waals surface area contributed by atoms with Gasteiger partial charge in [0, 0.05) is 44.8 Å². The molecule has 6 nitrogen and oxygen atoms in total. The number of hydrogen-bond donors (Lipinski definition) is 1. The Bertz CT molecular complexity index is 765. The van der Waals surface area contributed by atoms with Crippen molar-refractivity contribution in [1.82, 2.24) is 15.1 Å². The second-order valence-corrected chi connectivity index (χ2v) is 6.45. The fourth-order valence-corrected chi connectivity index (χ4v) is 3.03. The molecule has 1 fully saturated rings. The van der Waals surface area contributed by atoms with Crippen molar-refractivity contribution in [2.24, 2.45) is 0 Å². The van der Waals surface area contributed by atoms with Crippen LogP contribution in [0.25, 0.3) is 0 Å². The molecule has 25 heavy (non-hydrogen) atoms. The summed E-state index contributed by atoms with van der Waals surface area (Å²) in [6.07, 6.45) is 2.55. The van der Waals surface area contributed by atoms with Gasteiger partial charge in [0.25, 0.3) is 5.56 Å². The predicted molar refractivity (Wildman–Crippen MR) is 94.9 cm³/mol. The topological polar surface area (TPSA) is 75.3 Å². The van der Waals surface area contributed by atoms with E-state index in [1.165, 1.54) is 6.07 Å². The van der Waals surface area contributed by atoms with Gasteiger partial charge in [-0.15, -0.1) is 0 Å². The monoisotopic (exact) mass is 361 g/mol. The zero-order valence-electron chi connectivity index (χ0n) is 13.8. The number of carbonyl (C=O) groups excluding carboxylic acids is 1. The molecular weight excluding hydrogens is 342 g/mol. The van der Waals surface area contributed by atoms with E-state index < -0.39 is 0 Å². The summed E-state index contributed by atoms with van der Waals surface area (Å²) < 4.78 is 5.94. The largest absolute Gasteiger partial charge is 0.489 e. The van der Waals surface area contributed by atoms with Gasteiger partial charge >= 0.3 is 0 Å². The van der Waals surface area contributed by atoms with E-state index >= 15 is 0 Å². The number of carbonyl (C=O) groups is 1. The summed E-state index contributed by atoms with van der Waals surface area (Å²) in [5, 5.41) is 6.91. The normalized spacial score (nSPS) is 15.2. The van der Waals surface area contributed by atoms with Gasteiger partial charge < -0.3 is 9.64 Å². The van der Waals surface area contributed by atoms with Crippen molar-refractivity contribution < 1.29 is 9.53 Å². The van der Waals surface area contributed by atoms with Gasteiger partial charge in [-0.05, 0) is 18.2 Å². The highest BCUT2D eigenvalue weighted by Crippen LogP contribution is 2.26. The minimum absolute atomic E-state index is 0.0739. The Hall–Kier alpha value is -2.34. The van der Waals surface area contributed by atoms with Gasteiger partial charge in [-0.1, -0.05) is 23.7 Å². The Balaban J connectivity index is 1.45. The van der Waals surface area contributed by atoms with Crippen LogP contribution in [0.3, 0.4) is 0 Å². The SMILES string of the molecule is O=C(CCc1ccc(=O)[nH]n1)N1CCC(Oc2ccccc2Cl)CC1. The van der Waals surface area contributed by atoms with Crippen molar-refractivity contribution in [1.29, 1.82) is 0 Å². The Morgan fingerprint density at radius 3 is 2.68 bits per heavy atom. The first-order valence-electron chi connectivity index (χ1n) is 8.35. The standard InChI is InChI=1S/C18H20ClN3O3/c19-15-3-1-2-4-16(15)25-14-9-11-22(12-10-14)18(24)8-6-13-5-7-17(23)21-20-13/h1-5,7,14H,6,8-12H2,(H,21,23). The first-order chi connectivity index (χ1) is 12.1. The summed E-state index contributed by atoms with van der Waals surface area (Å²) in [5.74, 6) is 0.794. The molecule has 2 heterocycles. The molecule has 1 aliphatic rings. The summed E-state index contributed by atoms with van der Waals surface area (Å²) >= 11 is 6.11. The van der Waals surface area contributed by atoms with Crippen LogP contribution in [0.1, 0.15) is 25.0 Å². The quantitative estimate of drug-likeness (QED) is 0.887. The van der Waals surface area contributed by atoms with E-state index in [1.54, 1.807) is 12.1 Å². The van der Waals surface area contributed by atoms with Crippen LogP contribution in [-0.4, -0.2) is 40.2 Å². The van der Waals surface area contributed by atoms with E-state index in [1.807, 2.05) is 23.1 Å². The first kappa shape index (κ1) is 17.5. The highest BCUT2D eigenvalue weighted by atomic mass is 35.5. The lowest BCUT2D eigenvalue weighted by Gasteiger charge is -2.32. The van der Waals surface area contributed by atoms with Gasteiger partial charge in [-0.2, -0.15) is 5.10 Å². The maximum absolute atomic E-state index is 12.3. The third-order valence-electron chi connectivity index (χ3n) is 4.26. The molecule has 1 aromatic carbocycles. The van der Waals surface area contributed by atoms with Gasteiger partial charge in [-0.3, -0.25) is 9.59 Å². The molecule has 1 saturated heterocycles. The van der Waals surface area contributed by atoms with E-state index in [0.717, 1.165) is 12.8 Å². The lowest BCUT2D eigenvalue weighted by Crippen LogP contribution is -2.41. The lowest BCUT2D eigenvalue weighted by molar-refractivity contribution is -0.132. The van der Waals surface area contributed by atoms with Gasteiger partial charge in [0.05, 0.1) is 10.7 Å². The molecule has 132 valence electrons. The number of hydrogen-bond acceptors (Lipinski definition) is 4. The lowest BCUT2D eigenvalue weighted by atomic mass is 10.1. The molecule has 1 aliphatic heterocycles. The van der Waals surface area contributed by atoms with Gasteiger partial charge in [-0.25, -0.2) is 5.10 Å². The van der Waals surface area contributed by atoms with E-state index in [0.29, 0.717) is 42.4 Å². The molecule has 1 N–H and O–H groups in total. The van der Waals surface area contributed by atoms with Crippen molar-refractivity contribution >= 4 is 17.5 Å². The summed E-state index contributed by atoms with van der Waals surface area (Å²) in [6.45, 7) is 1.35. The number of H-pyrrole nitrogens is 1. The molecule has 0 bridgehead atoms. The van der Waals surface area contributed by atoms with Crippen molar-refractivity contribution in [2.75, 3.05) is 13.1 Å². The molecule has 0 aliphatic carbocycles.